The molecule has 0 amide bonds. The van der Waals surface area contributed by atoms with Gasteiger partial charge in [0.25, 0.3) is 0 Å². The van der Waals surface area contributed by atoms with Crippen LogP contribution in [0.25, 0.3) is 0 Å². The van der Waals surface area contributed by atoms with Crippen molar-refractivity contribution in [2.24, 2.45) is 0 Å². The third-order valence-electron chi connectivity index (χ3n) is 1.94. The predicted molar refractivity (Wildman–Crippen MR) is 72.3 cm³/mol. The van der Waals surface area contributed by atoms with E-state index in [0.29, 0.717) is 0 Å². The zero-order chi connectivity index (χ0) is 10.8. The minimum atomic E-state index is 0. The van der Waals surface area contributed by atoms with Crippen LogP contribution in [0, 0.1) is 27.0 Å². The van der Waals surface area contributed by atoms with Crippen molar-refractivity contribution >= 4 is 4.21 Å². The van der Waals surface area contributed by atoms with E-state index in [1.807, 2.05) is 12.2 Å². The maximum atomic E-state index is 3.34. The fraction of sp³-hybridized carbons (Fsp3) is 0.267. The molecule has 16 heavy (non-hydrogen) atoms. The molecule has 2 aliphatic rings. The van der Waals surface area contributed by atoms with Gasteiger partial charge in [-0.2, -0.15) is 11.6 Å². The van der Waals surface area contributed by atoms with E-state index in [9.17, 15) is 0 Å². The first-order chi connectivity index (χ1) is 6.80. The van der Waals surface area contributed by atoms with E-state index in [2.05, 4.69) is 42.4 Å². The Morgan fingerprint density at radius 2 is 1.81 bits per heavy atom. The van der Waals surface area contributed by atoms with Crippen LogP contribution >= 0.6 is 0 Å². The Balaban J connectivity index is -0.000000169. The van der Waals surface area contributed by atoms with Crippen molar-refractivity contribution in [3.05, 3.63) is 62.5 Å². The Kier molecular flexibility index (Phi) is 19.4. The second-order valence-corrected chi connectivity index (χ2v) is 2.99. The topological polar surface area (TPSA) is 0 Å². The number of allylic oxidation sites excluding steroid dienone is 8. The van der Waals surface area contributed by atoms with Crippen molar-refractivity contribution in [1.29, 1.82) is 0 Å². The van der Waals surface area contributed by atoms with E-state index in [1.165, 1.54) is 35.4 Å². The van der Waals surface area contributed by atoms with E-state index in [-0.39, 0.29) is 14.9 Å². The first kappa shape index (κ1) is 21.0. The zero-order valence-electron chi connectivity index (χ0n) is 10.9. The third kappa shape index (κ3) is 10.2. The normalized spacial score (nSPS) is 14.1. The summed E-state index contributed by atoms with van der Waals surface area (Å²) in [7, 11) is 0. The van der Waals surface area contributed by atoms with Gasteiger partial charge in [-0.05, 0) is 0 Å². The Bertz CT molecular complexity index is 257. The molecule has 0 aromatic carbocycles. The minimum absolute atomic E-state index is 0. The van der Waals surface area contributed by atoms with Gasteiger partial charge < -0.3 is 14.9 Å². The van der Waals surface area contributed by atoms with Gasteiger partial charge in [0.05, 0.1) is 0 Å². The summed E-state index contributed by atoms with van der Waals surface area (Å²) in [6, 6.07) is 0. The van der Waals surface area contributed by atoms with Crippen molar-refractivity contribution in [1.82, 2.24) is 0 Å². The summed E-state index contributed by atoms with van der Waals surface area (Å²) in [4.78, 5) is 0. The molecule has 0 fully saturated rings. The number of rotatable bonds is 0. The predicted octanol–water partition coefficient (Wildman–Crippen LogP) is 4.26. The first-order valence-corrected chi connectivity index (χ1v) is 6.34. The van der Waals surface area contributed by atoms with Gasteiger partial charge in [0.1, 0.15) is 0 Å². The van der Waals surface area contributed by atoms with Gasteiger partial charge in [0.2, 0.25) is 0 Å². The molecule has 0 aromatic rings. The molecule has 0 saturated carbocycles. The second kappa shape index (κ2) is 14.7. The standard InChI is InChI=1S/C7H9.C5H5.2CH3.CH2.Zr/c1-6-4-3-5-7(6)2;1-2-4-5-3-1;;;;/h4H,5H2,1-2H3;1-3H,4H2;2*1H3;1H2;/q4*-1;;. The van der Waals surface area contributed by atoms with Crippen LogP contribution in [0.5, 0.6) is 0 Å². The van der Waals surface area contributed by atoms with Crippen LogP contribution < -0.4 is 0 Å². The van der Waals surface area contributed by atoms with Crippen LogP contribution in [0.15, 0.2) is 35.5 Å². The van der Waals surface area contributed by atoms with Crippen molar-refractivity contribution < 1.29 is 24.2 Å². The average molecular weight is 294 g/mol. The molecule has 0 N–H and O–H groups in total. The number of hydrogen-bond donors (Lipinski definition) is 0. The fourth-order valence-corrected chi connectivity index (χ4v) is 0.960. The van der Waals surface area contributed by atoms with Gasteiger partial charge in [-0.1, -0.05) is 6.92 Å². The van der Waals surface area contributed by atoms with Crippen LogP contribution in [0.3, 0.4) is 0 Å². The van der Waals surface area contributed by atoms with Crippen molar-refractivity contribution in [2.75, 3.05) is 0 Å². The monoisotopic (exact) mass is 292 g/mol. The molecule has 0 saturated heterocycles. The van der Waals surface area contributed by atoms with Crippen LogP contribution in [-0.2, 0) is 24.2 Å². The summed E-state index contributed by atoms with van der Waals surface area (Å²) in [5.74, 6) is 0. The Morgan fingerprint density at radius 3 is 1.94 bits per heavy atom. The molecular weight excluding hydrogens is 271 g/mol. The molecule has 0 spiro atoms. The van der Waals surface area contributed by atoms with E-state index in [0.717, 1.165) is 12.8 Å². The van der Waals surface area contributed by atoms with Gasteiger partial charge in [-0.15, -0.1) is 19.8 Å². The summed E-state index contributed by atoms with van der Waals surface area (Å²) >= 11 is 1.30. The average Bonchev–Trinajstić information content (AvgIpc) is 2.86. The maximum absolute atomic E-state index is 3.34. The zero-order valence-corrected chi connectivity index (χ0v) is 13.4. The Morgan fingerprint density at radius 1 is 1.19 bits per heavy atom. The quantitative estimate of drug-likeness (QED) is 0.586. The molecule has 0 aliphatic heterocycles. The molecule has 90 valence electrons. The largest absolute Gasteiger partial charge is 0.358 e. The van der Waals surface area contributed by atoms with Crippen LogP contribution in [0.4, 0.5) is 0 Å². The van der Waals surface area contributed by atoms with Crippen molar-refractivity contribution in [3.63, 3.8) is 0 Å². The smallest absolute Gasteiger partial charge is 0.358 e. The molecule has 0 unspecified atom stereocenters. The summed E-state index contributed by atoms with van der Waals surface area (Å²) in [5.41, 5.74) is 2.85. The molecule has 0 aromatic heterocycles. The number of hydrogen-bond acceptors (Lipinski definition) is 0. The summed E-state index contributed by atoms with van der Waals surface area (Å²) < 4.78 is 3.34. The van der Waals surface area contributed by atoms with E-state index < -0.39 is 0 Å². The summed E-state index contributed by atoms with van der Waals surface area (Å²) in [6.07, 6.45) is 16.2. The molecule has 0 nitrogen and oxygen atoms in total. The van der Waals surface area contributed by atoms with Crippen molar-refractivity contribution in [2.45, 2.75) is 26.7 Å². The van der Waals surface area contributed by atoms with Gasteiger partial charge in [0, 0.05) is 0 Å². The van der Waals surface area contributed by atoms with E-state index in [1.54, 1.807) is 0 Å². The minimum Gasteiger partial charge on any atom is -0.358 e. The SMILES string of the molecule is CC1=C(C)C[C-]=C1.[C-]1=CC=CC1.[CH2]=[Zr].[CH3-].[CH3-]. The first-order valence-electron chi connectivity index (χ1n) is 4.61. The van der Waals surface area contributed by atoms with Gasteiger partial charge in [0.15, 0.2) is 0 Å². The molecule has 1 heteroatoms. The second-order valence-electron chi connectivity index (χ2n) is 2.99. The van der Waals surface area contributed by atoms with Crippen LogP contribution in [0.2, 0.25) is 0 Å². The molecule has 2 rings (SSSR count). The molecular formula is C15H22Zr-4. The summed E-state index contributed by atoms with van der Waals surface area (Å²) in [6.45, 7) is 4.27. The molecule has 0 radical (unpaired) electrons. The van der Waals surface area contributed by atoms with Crippen molar-refractivity contribution in [3.8, 4) is 0 Å². The Hall–Kier alpha value is -0.287. The Labute approximate surface area is 117 Å². The van der Waals surface area contributed by atoms with Gasteiger partial charge >= 0.3 is 28.4 Å². The molecule has 0 heterocycles. The van der Waals surface area contributed by atoms with Crippen LogP contribution in [-0.4, -0.2) is 4.21 Å². The molecule has 0 atom stereocenters. The van der Waals surface area contributed by atoms with E-state index in [4.69, 9.17) is 0 Å². The van der Waals surface area contributed by atoms with E-state index >= 15 is 0 Å². The molecule has 0 bridgehead atoms. The van der Waals surface area contributed by atoms with Gasteiger partial charge in [-0.3, -0.25) is 12.2 Å². The van der Waals surface area contributed by atoms with Crippen LogP contribution in [0.1, 0.15) is 26.7 Å². The summed E-state index contributed by atoms with van der Waals surface area (Å²) in [5, 5.41) is 0. The third-order valence-corrected chi connectivity index (χ3v) is 1.94. The maximum Gasteiger partial charge on any atom is -0.358 e. The fourth-order valence-electron chi connectivity index (χ4n) is 0.960. The molecule has 2 aliphatic carbocycles. The van der Waals surface area contributed by atoms with Gasteiger partial charge in [-0.25, -0.2) is 23.8 Å².